The molecule has 1 atom stereocenters. The van der Waals surface area contributed by atoms with Crippen LogP contribution in [0.1, 0.15) is 12.5 Å². The van der Waals surface area contributed by atoms with E-state index in [0.717, 1.165) is 5.56 Å². The van der Waals surface area contributed by atoms with Crippen LogP contribution in [-0.2, 0) is 16.1 Å². The number of benzene rings is 2. The Morgan fingerprint density at radius 1 is 1.07 bits per heavy atom. The first-order chi connectivity index (χ1) is 13.3. The molecule has 2 aromatic rings. The Morgan fingerprint density at radius 2 is 1.71 bits per heavy atom. The summed E-state index contributed by atoms with van der Waals surface area (Å²) >= 11 is 5.89. The van der Waals surface area contributed by atoms with Gasteiger partial charge in [-0.05, 0) is 42.0 Å². The van der Waals surface area contributed by atoms with Gasteiger partial charge in [-0.1, -0.05) is 30.7 Å². The highest BCUT2D eigenvalue weighted by Crippen LogP contribution is 2.15. The highest BCUT2D eigenvalue weighted by atomic mass is 35.5. The molecule has 0 radical (unpaired) electrons. The zero-order valence-electron chi connectivity index (χ0n) is 15.3. The van der Waals surface area contributed by atoms with Crippen molar-refractivity contribution in [1.82, 2.24) is 10.6 Å². The lowest BCUT2D eigenvalue weighted by Crippen LogP contribution is -2.31. The smallest absolute Gasteiger partial charge is 0.308 e. The van der Waals surface area contributed by atoms with Gasteiger partial charge in [-0.15, -0.1) is 0 Å². The van der Waals surface area contributed by atoms with Crippen LogP contribution in [0, 0.1) is 5.92 Å². The Hall–Kier alpha value is -3.19. The Labute approximate surface area is 168 Å². The summed E-state index contributed by atoms with van der Waals surface area (Å²) in [5.74, 6) is -1.55. The third-order valence-corrected chi connectivity index (χ3v) is 4.07. The van der Waals surface area contributed by atoms with E-state index >= 15 is 0 Å². The van der Waals surface area contributed by atoms with Gasteiger partial charge in [0.05, 0.1) is 5.92 Å². The topological polar surface area (TPSA) is 111 Å². The number of halogens is 1. The molecule has 0 aliphatic carbocycles. The first-order valence-electron chi connectivity index (χ1n) is 8.60. The van der Waals surface area contributed by atoms with Crippen molar-refractivity contribution in [2.45, 2.75) is 13.5 Å². The minimum Gasteiger partial charge on any atom is -0.508 e. The van der Waals surface area contributed by atoms with E-state index < -0.39 is 17.8 Å². The predicted molar refractivity (Wildman–Crippen MR) is 108 cm³/mol. The molecule has 0 aromatic heterocycles. The zero-order chi connectivity index (χ0) is 20.5. The van der Waals surface area contributed by atoms with Crippen LogP contribution in [-0.4, -0.2) is 28.6 Å². The molecule has 28 heavy (non-hydrogen) atoms. The molecule has 0 aliphatic heterocycles. The Balaban J connectivity index is 2.07. The lowest BCUT2D eigenvalue weighted by atomic mass is 10.2. The van der Waals surface area contributed by atoms with Crippen molar-refractivity contribution in [2.75, 3.05) is 11.9 Å². The number of carbonyl (C=O) groups excluding carboxylic acids is 1. The summed E-state index contributed by atoms with van der Waals surface area (Å²) in [6.07, 6.45) is 1.32. The second kappa shape index (κ2) is 10.2. The Morgan fingerprint density at radius 3 is 2.32 bits per heavy atom. The molecular formula is C20H22ClN3O4. The number of hydrogen-bond acceptors (Lipinski definition) is 5. The van der Waals surface area contributed by atoms with Gasteiger partial charge in [0.15, 0.2) is 0 Å². The van der Waals surface area contributed by atoms with Crippen LogP contribution in [0.2, 0.25) is 5.02 Å². The van der Waals surface area contributed by atoms with Crippen molar-refractivity contribution in [3.63, 3.8) is 0 Å². The quantitative estimate of drug-likeness (QED) is 0.325. The van der Waals surface area contributed by atoms with E-state index in [-0.39, 0.29) is 12.3 Å². The molecule has 0 heterocycles. The third kappa shape index (κ3) is 7.20. The van der Waals surface area contributed by atoms with Crippen LogP contribution >= 0.6 is 11.6 Å². The first-order valence-corrected chi connectivity index (χ1v) is 8.98. The van der Waals surface area contributed by atoms with E-state index in [2.05, 4.69) is 16.0 Å². The van der Waals surface area contributed by atoms with Gasteiger partial charge < -0.3 is 26.2 Å². The van der Waals surface area contributed by atoms with Crippen LogP contribution in [0.4, 0.5) is 5.69 Å². The molecular weight excluding hydrogens is 382 g/mol. The van der Waals surface area contributed by atoms with Crippen molar-refractivity contribution in [3.8, 4) is 5.75 Å². The van der Waals surface area contributed by atoms with E-state index in [4.69, 9.17) is 16.7 Å². The number of aliphatic carboxylic acids is 1. The minimum atomic E-state index is -0.979. The number of phenolic OH excluding ortho intramolecular Hbond substituents is 1. The Bertz CT molecular complexity index is 836. The molecule has 1 unspecified atom stereocenters. The van der Waals surface area contributed by atoms with E-state index in [1.165, 1.54) is 25.1 Å². The van der Waals surface area contributed by atoms with Gasteiger partial charge in [-0.3, -0.25) is 9.59 Å². The van der Waals surface area contributed by atoms with Crippen LogP contribution in [0.5, 0.6) is 5.75 Å². The fraction of sp³-hybridized carbons (Fsp3) is 0.200. The molecule has 0 spiro atoms. The molecule has 2 rings (SSSR count). The molecule has 1 amide bonds. The average Bonchev–Trinajstić information content (AvgIpc) is 2.67. The van der Waals surface area contributed by atoms with Crippen molar-refractivity contribution >= 4 is 29.2 Å². The van der Waals surface area contributed by atoms with Crippen LogP contribution in [0.25, 0.3) is 0 Å². The highest BCUT2D eigenvalue weighted by Gasteiger charge is 2.12. The number of anilines is 1. The van der Waals surface area contributed by atoms with E-state index in [0.29, 0.717) is 23.1 Å². The average molecular weight is 404 g/mol. The number of carbonyl (C=O) groups is 2. The number of aromatic hydroxyl groups is 1. The second-order valence-corrected chi connectivity index (χ2v) is 6.63. The maximum Gasteiger partial charge on any atom is 0.308 e. The largest absolute Gasteiger partial charge is 0.508 e. The SMILES string of the molecule is CC(CNC(=O)/C=C(\NCc1ccc(Cl)cc1)Nc1ccc(O)cc1)C(=O)O. The molecule has 0 aliphatic rings. The number of nitrogens with one attached hydrogen (secondary N) is 3. The number of amides is 1. The van der Waals surface area contributed by atoms with Crippen LogP contribution in [0.15, 0.2) is 60.4 Å². The van der Waals surface area contributed by atoms with Gasteiger partial charge in [0, 0.05) is 29.9 Å². The molecule has 8 heteroatoms. The van der Waals surface area contributed by atoms with Gasteiger partial charge in [0.2, 0.25) is 5.91 Å². The summed E-state index contributed by atoms with van der Waals surface area (Å²) < 4.78 is 0. The molecule has 0 fully saturated rings. The lowest BCUT2D eigenvalue weighted by molar-refractivity contribution is -0.141. The lowest BCUT2D eigenvalue weighted by Gasteiger charge is -2.15. The third-order valence-electron chi connectivity index (χ3n) is 3.82. The van der Waals surface area contributed by atoms with E-state index in [1.54, 1.807) is 24.3 Å². The van der Waals surface area contributed by atoms with E-state index in [1.807, 2.05) is 12.1 Å². The summed E-state index contributed by atoms with van der Waals surface area (Å²) in [7, 11) is 0. The maximum atomic E-state index is 12.2. The molecule has 7 nitrogen and oxygen atoms in total. The fourth-order valence-electron chi connectivity index (χ4n) is 2.15. The predicted octanol–water partition coefficient (Wildman–Crippen LogP) is 2.93. The van der Waals surface area contributed by atoms with Crippen LogP contribution in [0.3, 0.4) is 0 Å². The van der Waals surface area contributed by atoms with Crippen molar-refractivity contribution in [3.05, 3.63) is 71.0 Å². The first kappa shape index (κ1) is 21.1. The standard InChI is InChI=1S/C20H22ClN3O4/c1-13(20(27)28)11-23-19(26)10-18(24-16-6-8-17(25)9-7-16)22-12-14-2-4-15(21)5-3-14/h2-10,13,22,24-25H,11-12H2,1H3,(H,23,26)(H,27,28)/b18-10+. The van der Waals surface area contributed by atoms with Crippen LogP contribution < -0.4 is 16.0 Å². The van der Waals surface area contributed by atoms with Crippen molar-refractivity contribution < 1.29 is 19.8 Å². The number of carboxylic acid groups (broad SMARTS) is 1. The number of hydrogen-bond donors (Lipinski definition) is 5. The second-order valence-electron chi connectivity index (χ2n) is 6.19. The fourth-order valence-corrected chi connectivity index (χ4v) is 2.28. The molecule has 2 aromatic carbocycles. The summed E-state index contributed by atoms with van der Waals surface area (Å²) in [4.78, 5) is 23.0. The van der Waals surface area contributed by atoms with Gasteiger partial charge in [-0.25, -0.2) is 0 Å². The molecule has 148 valence electrons. The van der Waals surface area contributed by atoms with Crippen molar-refractivity contribution in [2.24, 2.45) is 5.92 Å². The Kier molecular flexibility index (Phi) is 7.71. The molecule has 5 N–H and O–H groups in total. The van der Waals surface area contributed by atoms with Gasteiger partial charge in [-0.2, -0.15) is 0 Å². The van der Waals surface area contributed by atoms with Gasteiger partial charge in [0.25, 0.3) is 0 Å². The summed E-state index contributed by atoms with van der Waals surface area (Å²) in [5, 5.41) is 27.7. The highest BCUT2D eigenvalue weighted by molar-refractivity contribution is 6.30. The number of rotatable bonds is 9. The van der Waals surface area contributed by atoms with E-state index in [9.17, 15) is 14.7 Å². The summed E-state index contributed by atoms with van der Waals surface area (Å²) in [6.45, 7) is 1.97. The van der Waals surface area contributed by atoms with Gasteiger partial charge in [0.1, 0.15) is 11.6 Å². The number of carboxylic acids is 1. The number of phenols is 1. The molecule has 0 bridgehead atoms. The maximum absolute atomic E-state index is 12.2. The summed E-state index contributed by atoms with van der Waals surface area (Å²) in [5.41, 5.74) is 1.63. The monoisotopic (exact) mass is 403 g/mol. The summed E-state index contributed by atoms with van der Waals surface area (Å²) in [6, 6.07) is 13.6. The normalized spacial score (nSPS) is 12.1. The van der Waals surface area contributed by atoms with Crippen molar-refractivity contribution in [1.29, 1.82) is 0 Å². The van der Waals surface area contributed by atoms with Gasteiger partial charge >= 0.3 is 5.97 Å². The molecule has 0 saturated heterocycles. The minimum absolute atomic E-state index is 0.0222. The zero-order valence-corrected chi connectivity index (χ0v) is 16.0. The molecule has 0 saturated carbocycles.